The standard InChI is InChI=1S/C10H16N4O2/c1-8-6-14-9(7-13-8)10(15)12-3-5-16-4-2-11/h6-7H,2-5,11H2,1H3,(H,12,15). The van der Waals surface area contributed by atoms with E-state index in [9.17, 15) is 4.79 Å². The van der Waals surface area contributed by atoms with Crippen molar-refractivity contribution in [2.45, 2.75) is 6.92 Å². The van der Waals surface area contributed by atoms with Crippen LogP contribution in [0.1, 0.15) is 16.2 Å². The minimum atomic E-state index is -0.246. The number of amides is 1. The Labute approximate surface area is 94.2 Å². The summed E-state index contributed by atoms with van der Waals surface area (Å²) in [5.74, 6) is -0.246. The first-order valence-electron chi connectivity index (χ1n) is 5.08. The van der Waals surface area contributed by atoms with Crippen molar-refractivity contribution in [1.29, 1.82) is 0 Å². The number of hydrogen-bond donors (Lipinski definition) is 2. The Balaban J connectivity index is 2.27. The maximum atomic E-state index is 11.5. The monoisotopic (exact) mass is 224 g/mol. The Hall–Kier alpha value is -1.53. The van der Waals surface area contributed by atoms with E-state index in [1.807, 2.05) is 6.92 Å². The van der Waals surface area contributed by atoms with Crippen LogP contribution >= 0.6 is 0 Å². The summed E-state index contributed by atoms with van der Waals surface area (Å²) < 4.78 is 5.11. The summed E-state index contributed by atoms with van der Waals surface area (Å²) in [6.45, 7) is 3.68. The first-order chi connectivity index (χ1) is 7.74. The van der Waals surface area contributed by atoms with Gasteiger partial charge in [0.05, 0.1) is 25.1 Å². The summed E-state index contributed by atoms with van der Waals surface area (Å²) in [4.78, 5) is 19.4. The molecule has 0 saturated heterocycles. The van der Waals surface area contributed by atoms with Crippen molar-refractivity contribution in [2.24, 2.45) is 5.73 Å². The van der Waals surface area contributed by atoms with Crippen molar-refractivity contribution in [2.75, 3.05) is 26.3 Å². The number of hydrogen-bond acceptors (Lipinski definition) is 5. The topological polar surface area (TPSA) is 90.1 Å². The summed E-state index contributed by atoms with van der Waals surface area (Å²) >= 11 is 0. The number of rotatable bonds is 6. The molecule has 1 aromatic rings. The van der Waals surface area contributed by atoms with Gasteiger partial charge >= 0.3 is 0 Å². The number of nitrogens with two attached hydrogens (primary N) is 1. The summed E-state index contributed by atoms with van der Waals surface area (Å²) in [5.41, 5.74) is 6.34. The normalized spacial score (nSPS) is 10.1. The smallest absolute Gasteiger partial charge is 0.271 e. The third kappa shape index (κ3) is 4.33. The summed E-state index contributed by atoms with van der Waals surface area (Å²) in [6.07, 6.45) is 3.01. The van der Waals surface area contributed by atoms with Gasteiger partial charge in [0.25, 0.3) is 5.91 Å². The van der Waals surface area contributed by atoms with Crippen molar-refractivity contribution in [3.63, 3.8) is 0 Å². The number of carbonyl (C=O) groups is 1. The first kappa shape index (κ1) is 12.5. The highest BCUT2D eigenvalue weighted by atomic mass is 16.5. The summed E-state index contributed by atoms with van der Waals surface area (Å²) in [6, 6.07) is 0. The molecule has 0 radical (unpaired) electrons. The molecule has 88 valence electrons. The zero-order chi connectivity index (χ0) is 11.8. The Morgan fingerprint density at radius 3 is 2.88 bits per heavy atom. The van der Waals surface area contributed by atoms with Crippen LogP contribution < -0.4 is 11.1 Å². The molecule has 6 nitrogen and oxygen atoms in total. The van der Waals surface area contributed by atoms with Crippen molar-refractivity contribution in [3.8, 4) is 0 Å². The molecule has 0 unspecified atom stereocenters. The van der Waals surface area contributed by atoms with E-state index in [1.54, 1.807) is 6.20 Å². The highest BCUT2D eigenvalue weighted by Crippen LogP contribution is 1.93. The van der Waals surface area contributed by atoms with E-state index in [-0.39, 0.29) is 5.91 Å². The van der Waals surface area contributed by atoms with Gasteiger partial charge in [0, 0.05) is 19.3 Å². The molecule has 1 aromatic heterocycles. The van der Waals surface area contributed by atoms with Gasteiger partial charge in [-0.2, -0.15) is 0 Å². The molecule has 0 aliphatic carbocycles. The molecule has 0 saturated carbocycles. The van der Waals surface area contributed by atoms with E-state index in [2.05, 4.69) is 15.3 Å². The number of ether oxygens (including phenoxy) is 1. The molecule has 16 heavy (non-hydrogen) atoms. The van der Waals surface area contributed by atoms with Gasteiger partial charge in [-0.3, -0.25) is 9.78 Å². The number of aryl methyl sites for hydroxylation is 1. The van der Waals surface area contributed by atoms with Crippen LogP contribution in [-0.2, 0) is 4.74 Å². The number of carbonyl (C=O) groups excluding carboxylic acids is 1. The van der Waals surface area contributed by atoms with E-state index >= 15 is 0 Å². The molecule has 1 rings (SSSR count). The van der Waals surface area contributed by atoms with Crippen LogP contribution in [0.2, 0.25) is 0 Å². The molecule has 1 amide bonds. The molecule has 0 atom stereocenters. The van der Waals surface area contributed by atoms with Crippen molar-refractivity contribution < 1.29 is 9.53 Å². The lowest BCUT2D eigenvalue weighted by Gasteiger charge is -2.04. The molecule has 6 heteroatoms. The van der Waals surface area contributed by atoms with E-state index in [4.69, 9.17) is 10.5 Å². The quantitative estimate of drug-likeness (QED) is 0.635. The zero-order valence-electron chi connectivity index (χ0n) is 9.27. The lowest BCUT2D eigenvalue weighted by molar-refractivity contribution is 0.0914. The van der Waals surface area contributed by atoms with Gasteiger partial charge in [-0.25, -0.2) is 4.98 Å². The van der Waals surface area contributed by atoms with Crippen LogP contribution in [0.15, 0.2) is 12.4 Å². The maximum Gasteiger partial charge on any atom is 0.271 e. The van der Waals surface area contributed by atoms with Crippen molar-refractivity contribution >= 4 is 5.91 Å². The van der Waals surface area contributed by atoms with Gasteiger partial charge < -0.3 is 15.8 Å². The zero-order valence-corrected chi connectivity index (χ0v) is 9.27. The van der Waals surface area contributed by atoms with Crippen molar-refractivity contribution in [1.82, 2.24) is 15.3 Å². The largest absolute Gasteiger partial charge is 0.378 e. The fourth-order valence-corrected chi connectivity index (χ4v) is 1.02. The van der Waals surface area contributed by atoms with Gasteiger partial charge in [-0.15, -0.1) is 0 Å². The minimum absolute atomic E-state index is 0.246. The Morgan fingerprint density at radius 1 is 1.44 bits per heavy atom. The Kier molecular flexibility index (Phi) is 5.38. The average molecular weight is 224 g/mol. The van der Waals surface area contributed by atoms with Gasteiger partial charge in [0.1, 0.15) is 5.69 Å². The van der Waals surface area contributed by atoms with E-state index in [1.165, 1.54) is 6.20 Å². The molecule has 3 N–H and O–H groups in total. The van der Waals surface area contributed by atoms with Crippen LogP contribution in [0.3, 0.4) is 0 Å². The van der Waals surface area contributed by atoms with E-state index < -0.39 is 0 Å². The van der Waals surface area contributed by atoms with Crippen LogP contribution in [0.4, 0.5) is 0 Å². The summed E-state index contributed by atoms with van der Waals surface area (Å²) in [5, 5.41) is 2.67. The third-order valence-electron chi connectivity index (χ3n) is 1.81. The molecule has 1 heterocycles. The van der Waals surface area contributed by atoms with Crippen molar-refractivity contribution in [3.05, 3.63) is 23.8 Å². The van der Waals surface area contributed by atoms with E-state index in [0.717, 1.165) is 5.69 Å². The predicted molar refractivity (Wildman–Crippen MR) is 59.0 cm³/mol. The van der Waals surface area contributed by atoms with Crippen LogP contribution in [-0.4, -0.2) is 42.2 Å². The molecule has 0 aromatic carbocycles. The molecular weight excluding hydrogens is 208 g/mol. The third-order valence-corrected chi connectivity index (χ3v) is 1.81. The Bertz CT molecular complexity index is 326. The predicted octanol–water partition coefficient (Wildman–Crippen LogP) is -0.510. The molecular formula is C10H16N4O2. The minimum Gasteiger partial charge on any atom is -0.378 e. The molecule has 0 bridgehead atoms. The van der Waals surface area contributed by atoms with Crippen LogP contribution in [0.5, 0.6) is 0 Å². The second-order valence-corrected chi connectivity index (χ2v) is 3.20. The van der Waals surface area contributed by atoms with Gasteiger partial charge in [0.15, 0.2) is 0 Å². The van der Waals surface area contributed by atoms with Gasteiger partial charge in [-0.1, -0.05) is 0 Å². The first-order valence-corrected chi connectivity index (χ1v) is 5.08. The SMILES string of the molecule is Cc1cnc(C(=O)NCCOCCN)cn1. The fourth-order valence-electron chi connectivity index (χ4n) is 1.02. The van der Waals surface area contributed by atoms with Gasteiger partial charge in [-0.05, 0) is 6.92 Å². The van der Waals surface area contributed by atoms with E-state index in [0.29, 0.717) is 32.0 Å². The second-order valence-electron chi connectivity index (χ2n) is 3.20. The van der Waals surface area contributed by atoms with Crippen LogP contribution in [0, 0.1) is 6.92 Å². The lowest BCUT2D eigenvalue weighted by atomic mass is 10.4. The second kappa shape index (κ2) is 6.86. The maximum absolute atomic E-state index is 11.5. The van der Waals surface area contributed by atoms with Crippen LogP contribution in [0.25, 0.3) is 0 Å². The molecule has 0 aliphatic heterocycles. The highest BCUT2D eigenvalue weighted by Gasteiger charge is 2.05. The number of nitrogens with zero attached hydrogens (tertiary/aromatic N) is 2. The summed E-state index contributed by atoms with van der Waals surface area (Å²) in [7, 11) is 0. The molecule has 0 spiro atoms. The molecule has 0 aliphatic rings. The number of aromatic nitrogens is 2. The average Bonchev–Trinajstić information content (AvgIpc) is 2.29. The Morgan fingerprint density at radius 2 is 2.25 bits per heavy atom. The molecule has 0 fully saturated rings. The number of nitrogens with one attached hydrogen (secondary N) is 1. The highest BCUT2D eigenvalue weighted by molar-refractivity contribution is 5.91. The fraction of sp³-hybridized carbons (Fsp3) is 0.500. The lowest BCUT2D eigenvalue weighted by Crippen LogP contribution is -2.28. The van der Waals surface area contributed by atoms with Gasteiger partial charge in [0.2, 0.25) is 0 Å².